The van der Waals surface area contributed by atoms with Crippen LogP contribution in [0.25, 0.3) is 0 Å². The number of rotatable bonds is 3. The summed E-state index contributed by atoms with van der Waals surface area (Å²) in [5.74, 6) is 0.716. The van der Waals surface area contributed by atoms with Crippen LogP contribution in [0.4, 0.5) is 5.69 Å². The van der Waals surface area contributed by atoms with Crippen molar-refractivity contribution < 1.29 is 9.53 Å². The highest BCUT2D eigenvalue weighted by molar-refractivity contribution is 6.02. The van der Waals surface area contributed by atoms with E-state index in [9.17, 15) is 4.79 Å². The van der Waals surface area contributed by atoms with Crippen LogP contribution in [0.3, 0.4) is 0 Å². The van der Waals surface area contributed by atoms with E-state index in [-0.39, 0.29) is 11.9 Å². The van der Waals surface area contributed by atoms with Gasteiger partial charge in [-0.25, -0.2) is 0 Å². The van der Waals surface area contributed by atoms with Gasteiger partial charge in [-0.15, -0.1) is 0 Å². The molecule has 1 heterocycles. The quantitative estimate of drug-likeness (QED) is 0.909. The number of nitrogens with two attached hydrogens (primary N) is 1. The maximum absolute atomic E-state index is 12.5. The highest BCUT2D eigenvalue weighted by Gasteiger charge is 2.41. The molecule has 104 valence electrons. The molecular weight excluding hydrogens is 240 g/mol. The lowest BCUT2D eigenvalue weighted by Crippen LogP contribution is -2.55. The van der Waals surface area contributed by atoms with Gasteiger partial charge in [0.15, 0.2) is 5.60 Å². The number of nitrogens with zero attached hydrogens (tertiary/aromatic N) is 1. The molecule has 0 saturated heterocycles. The lowest BCUT2D eigenvalue weighted by Gasteiger charge is -2.39. The van der Waals surface area contributed by atoms with E-state index < -0.39 is 5.60 Å². The first-order valence-corrected chi connectivity index (χ1v) is 6.72. The van der Waals surface area contributed by atoms with Gasteiger partial charge in [-0.1, -0.05) is 13.0 Å². The average Bonchev–Trinajstić information content (AvgIpc) is 2.35. The number of hydrogen-bond donors (Lipinski definition) is 1. The highest BCUT2D eigenvalue weighted by Crippen LogP contribution is 2.38. The molecule has 1 unspecified atom stereocenters. The van der Waals surface area contributed by atoms with Crippen LogP contribution in [-0.2, 0) is 4.79 Å². The molecular formula is C15H22N2O2. The second kappa shape index (κ2) is 4.85. The SMILES string of the molecule is CCC(N)CN1C(=O)C(C)(C)Oc2ccc(C)cc21. The van der Waals surface area contributed by atoms with Crippen molar-refractivity contribution in [2.75, 3.05) is 11.4 Å². The summed E-state index contributed by atoms with van der Waals surface area (Å²) < 4.78 is 5.80. The summed E-state index contributed by atoms with van der Waals surface area (Å²) >= 11 is 0. The molecule has 1 atom stereocenters. The fraction of sp³-hybridized carbons (Fsp3) is 0.533. The van der Waals surface area contributed by atoms with Crippen molar-refractivity contribution in [1.29, 1.82) is 0 Å². The van der Waals surface area contributed by atoms with E-state index >= 15 is 0 Å². The van der Waals surface area contributed by atoms with Crippen molar-refractivity contribution in [3.05, 3.63) is 23.8 Å². The predicted octanol–water partition coefficient (Wildman–Crippen LogP) is 2.24. The van der Waals surface area contributed by atoms with Gasteiger partial charge in [-0.3, -0.25) is 4.79 Å². The van der Waals surface area contributed by atoms with Crippen LogP contribution >= 0.6 is 0 Å². The van der Waals surface area contributed by atoms with Crippen molar-refractivity contribution in [2.45, 2.75) is 45.8 Å². The van der Waals surface area contributed by atoms with Gasteiger partial charge in [0.2, 0.25) is 0 Å². The molecule has 2 rings (SSSR count). The zero-order valence-electron chi connectivity index (χ0n) is 12.1. The van der Waals surface area contributed by atoms with Crippen molar-refractivity contribution in [3.63, 3.8) is 0 Å². The van der Waals surface area contributed by atoms with Gasteiger partial charge in [-0.05, 0) is 44.9 Å². The summed E-state index contributed by atoms with van der Waals surface area (Å²) in [5.41, 5.74) is 7.11. The Labute approximate surface area is 114 Å². The maximum Gasteiger partial charge on any atom is 0.270 e. The Bertz CT molecular complexity index is 497. The molecule has 1 aliphatic heterocycles. The average molecular weight is 262 g/mol. The molecule has 1 amide bonds. The Kier molecular flexibility index (Phi) is 3.54. The van der Waals surface area contributed by atoms with Gasteiger partial charge in [-0.2, -0.15) is 0 Å². The second-order valence-electron chi connectivity index (χ2n) is 5.67. The van der Waals surface area contributed by atoms with Crippen molar-refractivity contribution in [3.8, 4) is 5.75 Å². The third-order valence-electron chi connectivity index (χ3n) is 3.47. The Balaban J connectivity index is 2.44. The number of ether oxygens (including phenoxy) is 1. The Morgan fingerprint density at radius 2 is 2.11 bits per heavy atom. The van der Waals surface area contributed by atoms with Crippen LogP contribution in [0.1, 0.15) is 32.8 Å². The topological polar surface area (TPSA) is 55.6 Å². The third kappa shape index (κ3) is 2.59. The molecule has 0 fully saturated rings. The Hall–Kier alpha value is -1.55. The fourth-order valence-electron chi connectivity index (χ4n) is 2.22. The predicted molar refractivity (Wildman–Crippen MR) is 76.5 cm³/mol. The van der Waals surface area contributed by atoms with Crippen LogP contribution in [-0.4, -0.2) is 24.1 Å². The summed E-state index contributed by atoms with van der Waals surface area (Å²) in [6.45, 7) is 8.14. The smallest absolute Gasteiger partial charge is 0.270 e. The van der Waals surface area contributed by atoms with Crippen LogP contribution in [0.5, 0.6) is 5.75 Å². The molecule has 1 aromatic rings. The summed E-state index contributed by atoms with van der Waals surface area (Å²) in [6.07, 6.45) is 0.839. The molecule has 0 spiro atoms. The Morgan fingerprint density at radius 3 is 2.74 bits per heavy atom. The molecule has 4 nitrogen and oxygen atoms in total. The maximum atomic E-state index is 12.5. The molecule has 1 aromatic carbocycles. The number of carbonyl (C=O) groups excluding carboxylic acids is 1. The number of fused-ring (bicyclic) bond motifs is 1. The molecule has 4 heteroatoms. The minimum Gasteiger partial charge on any atom is -0.476 e. The summed E-state index contributed by atoms with van der Waals surface area (Å²) in [7, 11) is 0. The van der Waals surface area contributed by atoms with Crippen molar-refractivity contribution in [2.24, 2.45) is 5.73 Å². The first-order chi connectivity index (χ1) is 8.85. The second-order valence-corrected chi connectivity index (χ2v) is 5.67. The molecule has 0 radical (unpaired) electrons. The zero-order valence-corrected chi connectivity index (χ0v) is 12.1. The largest absolute Gasteiger partial charge is 0.476 e. The van der Waals surface area contributed by atoms with Gasteiger partial charge in [0.25, 0.3) is 5.91 Å². The number of hydrogen-bond acceptors (Lipinski definition) is 3. The van der Waals surface area contributed by atoms with Crippen molar-refractivity contribution >= 4 is 11.6 Å². The van der Waals surface area contributed by atoms with E-state index in [0.29, 0.717) is 6.54 Å². The van der Waals surface area contributed by atoms with Crippen LogP contribution < -0.4 is 15.4 Å². The fourth-order valence-corrected chi connectivity index (χ4v) is 2.22. The van der Waals surface area contributed by atoms with Crippen LogP contribution in [0.2, 0.25) is 0 Å². The normalized spacial score (nSPS) is 18.8. The van der Waals surface area contributed by atoms with E-state index in [2.05, 4.69) is 0 Å². The van der Waals surface area contributed by atoms with Gasteiger partial charge >= 0.3 is 0 Å². The lowest BCUT2D eigenvalue weighted by atomic mass is 10.0. The van der Waals surface area contributed by atoms with E-state index in [4.69, 9.17) is 10.5 Å². The third-order valence-corrected chi connectivity index (χ3v) is 3.47. The van der Waals surface area contributed by atoms with Gasteiger partial charge in [0.1, 0.15) is 5.75 Å². The molecule has 2 N–H and O–H groups in total. The lowest BCUT2D eigenvalue weighted by molar-refractivity contribution is -0.132. The Morgan fingerprint density at radius 1 is 1.42 bits per heavy atom. The molecule has 1 aliphatic rings. The first-order valence-electron chi connectivity index (χ1n) is 6.72. The number of carbonyl (C=O) groups is 1. The number of aryl methyl sites for hydroxylation is 1. The van der Waals surface area contributed by atoms with Crippen molar-refractivity contribution in [1.82, 2.24) is 0 Å². The van der Waals surface area contributed by atoms with Gasteiger partial charge < -0.3 is 15.4 Å². The minimum atomic E-state index is -0.838. The van der Waals surface area contributed by atoms with E-state index in [1.165, 1.54) is 0 Å². The monoisotopic (exact) mass is 262 g/mol. The molecule has 0 aliphatic carbocycles. The molecule has 0 aromatic heterocycles. The van der Waals surface area contributed by atoms with Gasteiger partial charge in [0.05, 0.1) is 5.69 Å². The standard InChI is InChI=1S/C15H22N2O2/c1-5-11(16)9-17-12-8-10(2)6-7-13(12)19-15(3,4)14(17)18/h6-8,11H,5,9,16H2,1-4H3. The van der Waals surface area contributed by atoms with Gasteiger partial charge in [0, 0.05) is 12.6 Å². The molecule has 0 bridgehead atoms. The summed E-state index contributed by atoms with van der Waals surface area (Å²) in [5, 5.41) is 0. The zero-order chi connectivity index (χ0) is 14.2. The number of anilines is 1. The number of benzene rings is 1. The summed E-state index contributed by atoms with van der Waals surface area (Å²) in [6, 6.07) is 5.86. The number of amides is 1. The first kappa shape index (κ1) is 13.9. The summed E-state index contributed by atoms with van der Waals surface area (Å²) in [4.78, 5) is 14.3. The van der Waals surface area contributed by atoms with E-state index in [1.807, 2.05) is 32.0 Å². The molecule has 19 heavy (non-hydrogen) atoms. The van der Waals surface area contributed by atoms with Crippen LogP contribution in [0, 0.1) is 6.92 Å². The van der Waals surface area contributed by atoms with E-state index in [0.717, 1.165) is 23.4 Å². The highest BCUT2D eigenvalue weighted by atomic mass is 16.5. The molecule has 0 saturated carbocycles. The van der Waals surface area contributed by atoms with E-state index in [1.54, 1.807) is 18.7 Å². The van der Waals surface area contributed by atoms with Crippen LogP contribution in [0.15, 0.2) is 18.2 Å². The minimum absolute atomic E-state index is 0.0220.